The summed E-state index contributed by atoms with van der Waals surface area (Å²) in [6.45, 7) is 8.36. The maximum absolute atomic E-state index is 3.85. The van der Waals surface area contributed by atoms with Crippen LogP contribution in [-0.4, -0.2) is 31.1 Å². The van der Waals surface area contributed by atoms with E-state index >= 15 is 0 Å². The van der Waals surface area contributed by atoms with Crippen molar-refractivity contribution in [2.45, 2.75) is 18.9 Å². The molecule has 1 aromatic rings. The highest BCUT2D eigenvalue weighted by atomic mass is 127. The Kier molecular flexibility index (Phi) is 11.0. The molecular formula is C15H23Cl2IN2. The lowest BCUT2D eigenvalue weighted by Crippen LogP contribution is -2.45. The number of rotatable bonds is 5. The van der Waals surface area contributed by atoms with E-state index in [9.17, 15) is 0 Å². The average Bonchev–Trinajstić information content (AvgIpc) is 2.42. The van der Waals surface area contributed by atoms with Crippen LogP contribution in [0.25, 0.3) is 0 Å². The van der Waals surface area contributed by atoms with Crippen LogP contribution in [-0.2, 0) is 0 Å². The number of benzene rings is 1. The molecule has 0 radical (unpaired) electrons. The fourth-order valence-electron chi connectivity index (χ4n) is 2.51. The Morgan fingerprint density at radius 3 is 2.35 bits per heavy atom. The molecular weight excluding hydrogens is 406 g/mol. The van der Waals surface area contributed by atoms with Gasteiger partial charge in [0.1, 0.15) is 0 Å². The van der Waals surface area contributed by atoms with E-state index in [0.717, 1.165) is 32.6 Å². The fraction of sp³-hybridized carbons (Fsp3) is 0.467. The van der Waals surface area contributed by atoms with Crippen LogP contribution >= 0.6 is 47.4 Å². The lowest BCUT2D eigenvalue weighted by molar-refractivity contribution is 0.166. The second kappa shape index (κ2) is 10.9. The lowest BCUT2D eigenvalue weighted by atomic mass is 9.99. The van der Waals surface area contributed by atoms with Gasteiger partial charge in [0.2, 0.25) is 0 Å². The standard InChI is InChI=1S/C15H21IN2.2ClH/c1-2-3-4-15(18-11-9-17-10-12-18)13-5-7-14(16)8-6-13;;/h2,5-8,15,17H,1,3-4,9-12H2;2*1H/t15-;;/m0../s1. The third-order valence-electron chi connectivity index (χ3n) is 3.49. The second-order valence-corrected chi connectivity index (χ2v) is 5.96. The molecule has 0 spiro atoms. The van der Waals surface area contributed by atoms with Crippen molar-refractivity contribution in [2.75, 3.05) is 26.2 Å². The van der Waals surface area contributed by atoms with Gasteiger partial charge in [0.15, 0.2) is 0 Å². The van der Waals surface area contributed by atoms with Crippen LogP contribution in [0.4, 0.5) is 0 Å². The van der Waals surface area contributed by atoms with Crippen LogP contribution in [0.5, 0.6) is 0 Å². The fourth-order valence-corrected chi connectivity index (χ4v) is 2.87. The van der Waals surface area contributed by atoms with Crippen molar-refractivity contribution in [1.29, 1.82) is 0 Å². The van der Waals surface area contributed by atoms with Crippen LogP contribution < -0.4 is 5.32 Å². The van der Waals surface area contributed by atoms with Crippen molar-refractivity contribution >= 4 is 47.4 Å². The summed E-state index contributed by atoms with van der Waals surface area (Å²) in [6, 6.07) is 9.51. The Labute approximate surface area is 148 Å². The smallest absolute Gasteiger partial charge is 0.0352 e. The third kappa shape index (κ3) is 5.90. The first-order chi connectivity index (χ1) is 8.81. The minimum absolute atomic E-state index is 0. The molecule has 114 valence electrons. The van der Waals surface area contributed by atoms with Gasteiger partial charge in [-0.1, -0.05) is 18.2 Å². The van der Waals surface area contributed by atoms with E-state index in [1.165, 1.54) is 15.6 Å². The van der Waals surface area contributed by atoms with Crippen LogP contribution in [0.3, 0.4) is 0 Å². The predicted molar refractivity (Wildman–Crippen MR) is 100 cm³/mol. The van der Waals surface area contributed by atoms with E-state index in [1.807, 2.05) is 6.08 Å². The Bertz CT molecular complexity index is 378. The molecule has 0 saturated carbocycles. The van der Waals surface area contributed by atoms with Crippen molar-refractivity contribution < 1.29 is 0 Å². The Morgan fingerprint density at radius 1 is 1.20 bits per heavy atom. The first-order valence-corrected chi connectivity index (χ1v) is 7.70. The van der Waals surface area contributed by atoms with Crippen molar-refractivity contribution in [3.05, 3.63) is 46.1 Å². The number of nitrogens with one attached hydrogen (secondary N) is 1. The van der Waals surface area contributed by atoms with Crippen LogP contribution in [0, 0.1) is 3.57 Å². The summed E-state index contributed by atoms with van der Waals surface area (Å²) in [5.41, 5.74) is 1.44. The summed E-state index contributed by atoms with van der Waals surface area (Å²) in [5, 5.41) is 3.42. The summed E-state index contributed by atoms with van der Waals surface area (Å²) in [6.07, 6.45) is 4.28. The molecule has 20 heavy (non-hydrogen) atoms. The monoisotopic (exact) mass is 428 g/mol. The molecule has 2 rings (SSSR count). The van der Waals surface area contributed by atoms with Crippen molar-refractivity contribution in [1.82, 2.24) is 10.2 Å². The molecule has 1 N–H and O–H groups in total. The Hall–Kier alpha value is 0.190. The van der Waals surface area contributed by atoms with E-state index in [-0.39, 0.29) is 24.8 Å². The van der Waals surface area contributed by atoms with E-state index in [1.54, 1.807) is 0 Å². The zero-order valence-electron chi connectivity index (χ0n) is 11.6. The molecule has 2 nitrogen and oxygen atoms in total. The van der Waals surface area contributed by atoms with Gasteiger partial charge >= 0.3 is 0 Å². The van der Waals surface area contributed by atoms with Crippen LogP contribution in [0.2, 0.25) is 0 Å². The second-order valence-electron chi connectivity index (χ2n) is 4.72. The number of allylic oxidation sites excluding steroid dienone is 1. The van der Waals surface area contributed by atoms with Crippen LogP contribution in [0.1, 0.15) is 24.4 Å². The molecule has 0 amide bonds. The Morgan fingerprint density at radius 2 is 1.80 bits per heavy atom. The molecule has 1 aliphatic heterocycles. The number of halogens is 3. The molecule has 1 saturated heterocycles. The maximum atomic E-state index is 3.85. The number of hydrogen-bond donors (Lipinski definition) is 1. The van der Waals surface area contributed by atoms with Gasteiger partial charge in [-0.3, -0.25) is 4.90 Å². The molecule has 1 aromatic carbocycles. The SMILES string of the molecule is C=CCC[C@@H](c1ccc(I)cc1)N1CCNCC1.Cl.Cl. The lowest BCUT2D eigenvalue weighted by Gasteiger charge is -2.35. The van der Waals surface area contributed by atoms with E-state index in [4.69, 9.17) is 0 Å². The number of nitrogens with zero attached hydrogens (tertiary/aromatic N) is 1. The predicted octanol–water partition coefficient (Wildman–Crippen LogP) is 4.05. The molecule has 1 aliphatic rings. The topological polar surface area (TPSA) is 15.3 Å². The molecule has 0 unspecified atom stereocenters. The van der Waals surface area contributed by atoms with E-state index in [0.29, 0.717) is 6.04 Å². The largest absolute Gasteiger partial charge is 0.314 e. The number of piperazine rings is 1. The van der Waals surface area contributed by atoms with Gasteiger partial charge in [0.25, 0.3) is 0 Å². The molecule has 1 atom stereocenters. The summed E-state index contributed by atoms with van der Waals surface area (Å²) in [4.78, 5) is 2.60. The van der Waals surface area contributed by atoms with Gasteiger partial charge < -0.3 is 5.32 Å². The maximum Gasteiger partial charge on any atom is 0.0352 e. The quantitative estimate of drug-likeness (QED) is 0.562. The normalized spacial score (nSPS) is 16.6. The average molecular weight is 429 g/mol. The van der Waals surface area contributed by atoms with Crippen molar-refractivity contribution in [3.8, 4) is 0 Å². The van der Waals surface area contributed by atoms with E-state index in [2.05, 4.69) is 63.7 Å². The molecule has 0 aliphatic carbocycles. The third-order valence-corrected chi connectivity index (χ3v) is 4.21. The number of hydrogen-bond acceptors (Lipinski definition) is 2. The van der Waals surface area contributed by atoms with Gasteiger partial charge in [0, 0.05) is 35.8 Å². The highest BCUT2D eigenvalue weighted by Gasteiger charge is 2.21. The molecule has 5 heteroatoms. The summed E-state index contributed by atoms with van der Waals surface area (Å²) in [5.74, 6) is 0. The molecule has 0 aromatic heterocycles. The van der Waals surface area contributed by atoms with Crippen molar-refractivity contribution in [3.63, 3.8) is 0 Å². The summed E-state index contributed by atoms with van der Waals surface area (Å²) < 4.78 is 1.30. The van der Waals surface area contributed by atoms with Gasteiger partial charge in [-0.05, 0) is 53.1 Å². The first kappa shape index (κ1) is 20.2. The highest BCUT2D eigenvalue weighted by molar-refractivity contribution is 14.1. The van der Waals surface area contributed by atoms with Gasteiger partial charge in [-0.25, -0.2) is 0 Å². The van der Waals surface area contributed by atoms with Gasteiger partial charge in [-0.2, -0.15) is 0 Å². The summed E-state index contributed by atoms with van der Waals surface area (Å²) >= 11 is 2.36. The zero-order chi connectivity index (χ0) is 12.8. The highest BCUT2D eigenvalue weighted by Crippen LogP contribution is 2.26. The van der Waals surface area contributed by atoms with E-state index < -0.39 is 0 Å². The zero-order valence-corrected chi connectivity index (χ0v) is 15.3. The van der Waals surface area contributed by atoms with Crippen molar-refractivity contribution in [2.24, 2.45) is 0 Å². The van der Waals surface area contributed by atoms with Gasteiger partial charge in [0.05, 0.1) is 0 Å². The first-order valence-electron chi connectivity index (χ1n) is 6.62. The van der Waals surface area contributed by atoms with Crippen LogP contribution in [0.15, 0.2) is 36.9 Å². The molecule has 0 bridgehead atoms. The molecule has 1 heterocycles. The molecule has 1 fully saturated rings. The Balaban J connectivity index is 0.00000180. The minimum atomic E-state index is 0. The summed E-state index contributed by atoms with van der Waals surface area (Å²) in [7, 11) is 0. The minimum Gasteiger partial charge on any atom is -0.314 e. The van der Waals surface area contributed by atoms with Gasteiger partial charge in [-0.15, -0.1) is 31.4 Å².